The lowest BCUT2D eigenvalue weighted by atomic mass is 10.0. The van der Waals surface area contributed by atoms with Crippen LogP contribution in [0.5, 0.6) is 0 Å². The highest BCUT2D eigenvalue weighted by molar-refractivity contribution is 5.40. The third-order valence-electron chi connectivity index (χ3n) is 2.67. The first-order valence-electron chi connectivity index (χ1n) is 5.41. The Morgan fingerprint density at radius 1 is 1.43 bits per heavy atom. The molecule has 2 atom stereocenters. The van der Waals surface area contributed by atoms with Gasteiger partial charge in [-0.1, -0.05) is 6.42 Å². The Hall–Kier alpha value is -0.570. The summed E-state index contributed by atoms with van der Waals surface area (Å²) >= 11 is 0. The van der Waals surface area contributed by atoms with Crippen LogP contribution in [0.2, 0.25) is 0 Å². The van der Waals surface area contributed by atoms with E-state index >= 15 is 0 Å². The molecular formula is C11H22N2O. The van der Waals surface area contributed by atoms with Gasteiger partial charge in [0, 0.05) is 17.5 Å². The largest absolute Gasteiger partial charge is 0.483 e. The zero-order valence-electron chi connectivity index (χ0n) is 9.47. The maximum absolute atomic E-state index is 6.84. The lowest BCUT2D eigenvalue weighted by Gasteiger charge is -2.29. The average Bonchev–Trinajstić information content (AvgIpc) is 2.45. The van der Waals surface area contributed by atoms with E-state index in [2.05, 4.69) is 26.1 Å². The van der Waals surface area contributed by atoms with Gasteiger partial charge in [-0.05, 0) is 33.6 Å². The van der Waals surface area contributed by atoms with Gasteiger partial charge < -0.3 is 10.1 Å². The molecule has 1 rings (SSSR count). The van der Waals surface area contributed by atoms with Gasteiger partial charge in [0.25, 0.3) is 0 Å². The first kappa shape index (κ1) is 11.5. The predicted octanol–water partition coefficient (Wildman–Crippen LogP) is 2.17. The average molecular weight is 198 g/mol. The van der Waals surface area contributed by atoms with Gasteiger partial charge in [-0.2, -0.15) is 0 Å². The molecule has 0 bridgehead atoms. The smallest absolute Gasteiger partial charge is 0.166 e. The molecule has 1 fully saturated rings. The number of rotatable bonds is 4. The Morgan fingerprint density at radius 3 is 2.71 bits per heavy atom. The molecule has 2 unspecified atom stereocenters. The summed E-state index contributed by atoms with van der Waals surface area (Å²) in [5.74, 6) is 0.579. The van der Waals surface area contributed by atoms with E-state index in [9.17, 15) is 0 Å². The van der Waals surface area contributed by atoms with E-state index < -0.39 is 0 Å². The minimum absolute atomic E-state index is 0.179. The molecule has 0 amide bonds. The van der Waals surface area contributed by atoms with E-state index in [0.29, 0.717) is 18.6 Å². The normalized spacial score (nSPS) is 27.6. The molecule has 1 saturated carbocycles. The van der Waals surface area contributed by atoms with Crippen LogP contribution in [0.3, 0.4) is 0 Å². The van der Waals surface area contributed by atoms with Crippen LogP contribution in [-0.2, 0) is 4.74 Å². The van der Waals surface area contributed by atoms with Crippen LogP contribution in [0.4, 0.5) is 0 Å². The van der Waals surface area contributed by atoms with E-state index in [0.717, 1.165) is 6.40 Å². The maximum atomic E-state index is 6.84. The van der Waals surface area contributed by atoms with Crippen molar-refractivity contribution in [3.05, 3.63) is 0 Å². The summed E-state index contributed by atoms with van der Waals surface area (Å²) in [6.45, 7) is 7.27. The molecule has 0 spiro atoms. The summed E-state index contributed by atoms with van der Waals surface area (Å²) in [5, 5.41) is 10.5. The van der Waals surface area contributed by atoms with E-state index in [4.69, 9.17) is 10.1 Å². The Morgan fingerprint density at radius 2 is 2.14 bits per heavy atom. The highest BCUT2D eigenvalue weighted by Crippen LogP contribution is 2.27. The van der Waals surface area contributed by atoms with Crippen molar-refractivity contribution in [1.82, 2.24) is 5.32 Å². The van der Waals surface area contributed by atoms with Crippen LogP contribution in [0, 0.1) is 11.3 Å². The summed E-state index contributed by atoms with van der Waals surface area (Å²) < 4.78 is 5.06. The quantitative estimate of drug-likeness (QED) is 0.537. The summed E-state index contributed by atoms with van der Waals surface area (Å²) in [5.41, 5.74) is 0.179. The number of ether oxygens (including phenoxy) is 1. The lowest BCUT2D eigenvalue weighted by molar-refractivity contribution is 0.205. The fraction of sp³-hybridized carbons (Fsp3) is 0.909. The van der Waals surface area contributed by atoms with E-state index in [1.54, 1.807) is 0 Å². The number of nitrogens with one attached hydrogen (secondary N) is 2. The Kier molecular flexibility index (Phi) is 3.93. The number of hydrogen-bond acceptors (Lipinski definition) is 3. The lowest BCUT2D eigenvalue weighted by Crippen LogP contribution is -2.46. The molecule has 1 aliphatic carbocycles. The molecule has 0 aliphatic heterocycles. The van der Waals surface area contributed by atoms with E-state index in [-0.39, 0.29) is 5.54 Å². The van der Waals surface area contributed by atoms with Crippen molar-refractivity contribution in [3.8, 4) is 0 Å². The van der Waals surface area contributed by atoms with Crippen LogP contribution >= 0.6 is 0 Å². The van der Waals surface area contributed by atoms with Crippen molar-refractivity contribution in [2.75, 3.05) is 6.61 Å². The second-order valence-corrected chi connectivity index (χ2v) is 5.14. The topological polar surface area (TPSA) is 45.1 Å². The third-order valence-corrected chi connectivity index (χ3v) is 2.67. The standard InChI is InChI=1S/C11H22N2O/c1-11(2,3)13-10-6-4-5-9(10)7-14-8-12/h8-10,12-13H,4-7H2,1-3H3. The molecule has 3 nitrogen and oxygen atoms in total. The number of hydrogen-bond donors (Lipinski definition) is 2. The van der Waals surface area contributed by atoms with Gasteiger partial charge >= 0.3 is 0 Å². The molecule has 0 aromatic heterocycles. The van der Waals surface area contributed by atoms with Crippen LogP contribution < -0.4 is 5.32 Å². The van der Waals surface area contributed by atoms with Crippen molar-refractivity contribution in [2.45, 2.75) is 51.6 Å². The first-order chi connectivity index (χ1) is 6.53. The summed E-state index contributed by atoms with van der Waals surface area (Å²) in [6, 6.07) is 0.565. The molecule has 3 heteroatoms. The zero-order valence-corrected chi connectivity index (χ0v) is 9.47. The first-order valence-corrected chi connectivity index (χ1v) is 5.41. The molecule has 0 saturated heterocycles. The van der Waals surface area contributed by atoms with Gasteiger partial charge in [0.2, 0.25) is 0 Å². The van der Waals surface area contributed by atoms with Crippen molar-refractivity contribution < 1.29 is 4.74 Å². The summed E-state index contributed by atoms with van der Waals surface area (Å²) in [6.07, 6.45) is 4.79. The molecule has 14 heavy (non-hydrogen) atoms. The zero-order chi connectivity index (χ0) is 10.6. The minimum atomic E-state index is 0.179. The van der Waals surface area contributed by atoms with Gasteiger partial charge in [-0.15, -0.1) is 0 Å². The van der Waals surface area contributed by atoms with Crippen molar-refractivity contribution >= 4 is 6.40 Å². The molecule has 0 heterocycles. The molecule has 0 radical (unpaired) electrons. The summed E-state index contributed by atoms with van der Waals surface area (Å²) in [4.78, 5) is 0. The summed E-state index contributed by atoms with van der Waals surface area (Å²) in [7, 11) is 0. The van der Waals surface area contributed by atoms with Crippen molar-refractivity contribution in [3.63, 3.8) is 0 Å². The fourth-order valence-electron chi connectivity index (χ4n) is 2.15. The van der Waals surface area contributed by atoms with Gasteiger partial charge in [0.05, 0.1) is 6.61 Å². The molecule has 0 aromatic carbocycles. The second-order valence-electron chi connectivity index (χ2n) is 5.14. The van der Waals surface area contributed by atoms with E-state index in [1.165, 1.54) is 19.3 Å². The molecule has 2 N–H and O–H groups in total. The molecule has 0 aromatic rings. The SMILES string of the molecule is CC(C)(C)NC1CCCC1COC=N. The van der Waals surface area contributed by atoms with Crippen LogP contribution in [0.15, 0.2) is 0 Å². The Balaban J connectivity index is 2.38. The third kappa shape index (κ3) is 3.66. The van der Waals surface area contributed by atoms with Crippen LogP contribution in [-0.4, -0.2) is 24.6 Å². The van der Waals surface area contributed by atoms with Gasteiger partial charge in [0.1, 0.15) is 0 Å². The van der Waals surface area contributed by atoms with Crippen LogP contribution in [0.25, 0.3) is 0 Å². The fourth-order valence-corrected chi connectivity index (χ4v) is 2.15. The van der Waals surface area contributed by atoms with Crippen molar-refractivity contribution in [1.29, 1.82) is 5.41 Å². The molecule has 82 valence electrons. The van der Waals surface area contributed by atoms with Gasteiger partial charge in [-0.3, -0.25) is 5.41 Å². The van der Waals surface area contributed by atoms with Crippen LogP contribution in [0.1, 0.15) is 40.0 Å². The highest BCUT2D eigenvalue weighted by Gasteiger charge is 2.30. The Labute approximate surface area is 86.7 Å². The Bertz CT molecular complexity index is 186. The van der Waals surface area contributed by atoms with Crippen molar-refractivity contribution in [2.24, 2.45) is 5.92 Å². The minimum Gasteiger partial charge on any atom is -0.483 e. The predicted molar refractivity (Wildman–Crippen MR) is 58.8 cm³/mol. The molecular weight excluding hydrogens is 176 g/mol. The second kappa shape index (κ2) is 4.78. The van der Waals surface area contributed by atoms with E-state index in [1.807, 2.05) is 0 Å². The maximum Gasteiger partial charge on any atom is 0.166 e. The van der Waals surface area contributed by atoms with Gasteiger partial charge in [-0.25, -0.2) is 0 Å². The highest BCUT2D eigenvalue weighted by atomic mass is 16.5. The van der Waals surface area contributed by atoms with Gasteiger partial charge in [0.15, 0.2) is 6.40 Å². The molecule has 1 aliphatic rings. The monoisotopic (exact) mass is 198 g/mol.